The molecule has 0 unspecified atom stereocenters. The molecule has 0 aromatic heterocycles. The summed E-state index contributed by atoms with van der Waals surface area (Å²) in [6, 6.07) is -2.04. The average molecular weight is 502 g/mol. The van der Waals surface area contributed by atoms with E-state index < -0.39 is 89.0 Å². The Balaban J connectivity index is 2.49. The van der Waals surface area contributed by atoms with Crippen LogP contribution in [-0.2, 0) is 23.9 Å². The fourth-order valence-electron chi connectivity index (χ4n) is 2.97. The van der Waals surface area contributed by atoms with Crippen molar-refractivity contribution in [2.24, 2.45) is 0 Å². The summed E-state index contributed by atoms with van der Waals surface area (Å²) in [6.45, 7) is 4.89. The first-order valence-electron chi connectivity index (χ1n) is 10.1. The number of ketones is 1. The highest BCUT2D eigenvalue weighted by molar-refractivity contribution is 6.15. The fraction of sp³-hybridized carbons (Fsp3) is 0.409. The SMILES string of the molecule is CC(=O)CN(C[C@H](C(=O)Oc1c(F)c(C)c(F)c(F)c1F)N1C(=O)C=CC1=O)C(=O)OC(C)(C)C. The van der Waals surface area contributed by atoms with Crippen LogP contribution in [0.5, 0.6) is 5.75 Å². The van der Waals surface area contributed by atoms with Crippen LogP contribution in [0, 0.1) is 30.2 Å². The van der Waals surface area contributed by atoms with E-state index in [0.29, 0.717) is 9.80 Å². The summed E-state index contributed by atoms with van der Waals surface area (Å²) < 4.78 is 65.7. The predicted molar refractivity (Wildman–Crippen MR) is 110 cm³/mol. The number of amides is 3. The molecular formula is C22H22F4N2O7. The first kappa shape index (κ1) is 27.5. The molecule has 0 N–H and O–H groups in total. The molecule has 0 bridgehead atoms. The molecular weight excluding hydrogens is 480 g/mol. The molecule has 0 fully saturated rings. The molecule has 0 aliphatic carbocycles. The molecule has 1 heterocycles. The molecule has 1 aliphatic rings. The number of esters is 1. The molecule has 1 aliphatic heterocycles. The molecule has 1 aromatic carbocycles. The number of rotatable bonds is 7. The Hall–Kier alpha value is -3.77. The second kappa shape index (κ2) is 10.2. The van der Waals surface area contributed by atoms with Crippen LogP contribution in [0.25, 0.3) is 0 Å². The predicted octanol–water partition coefficient (Wildman–Crippen LogP) is 2.58. The lowest BCUT2D eigenvalue weighted by atomic mass is 10.1. The van der Waals surface area contributed by atoms with Crippen LogP contribution in [0.4, 0.5) is 22.4 Å². The van der Waals surface area contributed by atoms with Gasteiger partial charge in [-0.25, -0.2) is 22.8 Å². The smallest absolute Gasteiger partial charge is 0.410 e. The van der Waals surface area contributed by atoms with Gasteiger partial charge in [-0.2, -0.15) is 4.39 Å². The third kappa shape index (κ3) is 6.22. The van der Waals surface area contributed by atoms with Crippen molar-refractivity contribution < 1.29 is 51.0 Å². The summed E-state index contributed by atoms with van der Waals surface area (Å²) in [6.07, 6.45) is 0.460. The lowest BCUT2D eigenvalue weighted by Crippen LogP contribution is -2.55. The van der Waals surface area contributed by atoms with E-state index in [1.165, 1.54) is 20.8 Å². The second-order valence-electron chi connectivity index (χ2n) is 8.59. The highest BCUT2D eigenvalue weighted by Gasteiger charge is 2.41. The molecule has 0 saturated carbocycles. The van der Waals surface area contributed by atoms with Crippen molar-refractivity contribution in [1.29, 1.82) is 0 Å². The number of imide groups is 1. The van der Waals surface area contributed by atoms with Gasteiger partial charge in [-0.3, -0.25) is 24.2 Å². The van der Waals surface area contributed by atoms with Gasteiger partial charge in [-0.05, 0) is 34.6 Å². The Morgan fingerprint density at radius 2 is 1.51 bits per heavy atom. The number of Topliss-reactive ketones (excluding diaryl/α,β-unsaturated/α-hetero) is 1. The topological polar surface area (TPSA) is 110 Å². The number of halogens is 4. The lowest BCUT2D eigenvalue weighted by molar-refractivity contribution is -0.152. The van der Waals surface area contributed by atoms with Crippen LogP contribution in [0.1, 0.15) is 33.3 Å². The Labute approximate surface area is 197 Å². The van der Waals surface area contributed by atoms with Crippen molar-refractivity contribution in [1.82, 2.24) is 9.80 Å². The van der Waals surface area contributed by atoms with Gasteiger partial charge in [-0.15, -0.1) is 0 Å². The zero-order chi connectivity index (χ0) is 26.8. The summed E-state index contributed by atoms with van der Waals surface area (Å²) in [7, 11) is 0. The highest BCUT2D eigenvalue weighted by Crippen LogP contribution is 2.30. The van der Waals surface area contributed by atoms with Crippen molar-refractivity contribution in [3.8, 4) is 5.75 Å². The molecule has 2 rings (SSSR count). The van der Waals surface area contributed by atoms with Crippen molar-refractivity contribution in [2.75, 3.05) is 13.1 Å². The number of nitrogens with zero attached hydrogens (tertiary/aromatic N) is 2. The van der Waals surface area contributed by atoms with Gasteiger partial charge in [0.1, 0.15) is 11.4 Å². The fourth-order valence-corrected chi connectivity index (χ4v) is 2.97. The quantitative estimate of drug-likeness (QED) is 0.141. The number of benzene rings is 1. The summed E-state index contributed by atoms with van der Waals surface area (Å²) in [5.74, 6) is -13.8. The summed E-state index contributed by atoms with van der Waals surface area (Å²) in [4.78, 5) is 62.7. The van der Waals surface area contributed by atoms with Gasteiger partial charge >= 0.3 is 12.1 Å². The minimum atomic E-state index is -2.16. The van der Waals surface area contributed by atoms with Crippen LogP contribution in [0.3, 0.4) is 0 Å². The molecule has 1 atom stereocenters. The Kier molecular flexibility index (Phi) is 8.04. The third-order valence-electron chi connectivity index (χ3n) is 4.53. The monoisotopic (exact) mass is 502 g/mol. The molecule has 3 amide bonds. The second-order valence-corrected chi connectivity index (χ2v) is 8.59. The number of hydrogen-bond acceptors (Lipinski definition) is 7. The van der Waals surface area contributed by atoms with E-state index in [9.17, 15) is 41.5 Å². The molecule has 0 radical (unpaired) electrons. The normalized spacial score (nSPS) is 14.3. The van der Waals surface area contributed by atoms with E-state index >= 15 is 0 Å². The minimum Gasteiger partial charge on any atom is -0.444 e. The first-order valence-corrected chi connectivity index (χ1v) is 10.1. The van der Waals surface area contributed by atoms with Gasteiger partial charge < -0.3 is 9.47 Å². The molecule has 13 heteroatoms. The highest BCUT2D eigenvalue weighted by atomic mass is 19.2. The average Bonchev–Trinajstić information content (AvgIpc) is 3.07. The standard InChI is InChI=1S/C22H22F4N2O7/c1-10(29)8-27(21(33)35-22(3,4)5)9-12(28-13(30)6-7-14(28)31)20(32)34-19-16(24)11(2)15(23)17(25)18(19)26/h6-7,12H,8-9H2,1-5H3/t12-/m1/s1. The van der Waals surface area contributed by atoms with Gasteiger partial charge in [0.15, 0.2) is 23.5 Å². The molecule has 35 heavy (non-hydrogen) atoms. The summed E-state index contributed by atoms with van der Waals surface area (Å²) in [5.41, 5.74) is -2.04. The lowest BCUT2D eigenvalue weighted by Gasteiger charge is -2.31. The van der Waals surface area contributed by atoms with E-state index in [1.807, 2.05) is 0 Å². The van der Waals surface area contributed by atoms with Gasteiger partial charge in [0, 0.05) is 17.7 Å². The van der Waals surface area contributed by atoms with E-state index in [1.54, 1.807) is 0 Å². The van der Waals surface area contributed by atoms with Crippen LogP contribution < -0.4 is 4.74 Å². The van der Waals surface area contributed by atoms with Crippen molar-refractivity contribution in [2.45, 2.75) is 46.3 Å². The van der Waals surface area contributed by atoms with Gasteiger partial charge in [-0.1, -0.05) is 0 Å². The molecule has 1 aromatic rings. The maximum absolute atomic E-state index is 14.4. The number of carbonyl (C=O) groups is 5. The number of hydrogen-bond donors (Lipinski definition) is 0. The molecule has 9 nitrogen and oxygen atoms in total. The van der Waals surface area contributed by atoms with E-state index in [0.717, 1.165) is 26.0 Å². The number of carbonyl (C=O) groups excluding carboxylic acids is 5. The first-order chi connectivity index (χ1) is 16.0. The molecule has 190 valence electrons. The summed E-state index contributed by atoms with van der Waals surface area (Å²) in [5, 5.41) is 0. The maximum atomic E-state index is 14.4. The van der Waals surface area contributed by atoms with E-state index in [2.05, 4.69) is 4.74 Å². The van der Waals surface area contributed by atoms with Gasteiger partial charge in [0.25, 0.3) is 11.8 Å². The van der Waals surface area contributed by atoms with Crippen molar-refractivity contribution >= 4 is 29.7 Å². The van der Waals surface area contributed by atoms with E-state index in [4.69, 9.17) is 4.74 Å². The Morgan fingerprint density at radius 1 is 0.971 bits per heavy atom. The van der Waals surface area contributed by atoms with Crippen LogP contribution in [0.15, 0.2) is 12.2 Å². The van der Waals surface area contributed by atoms with Crippen LogP contribution in [0.2, 0.25) is 0 Å². The third-order valence-corrected chi connectivity index (χ3v) is 4.53. The Morgan fingerprint density at radius 3 is 2.00 bits per heavy atom. The maximum Gasteiger partial charge on any atom is 0.410 e. The zero-order valence-electron chi connectivity index (χ0n) is 19.4. The summed E-state index contributed by atoms with van der Waals surface area (Å²) >= 11 is 0. The van der Waals surface area contributed by atoms with E-state index in [-0.39, 0.29) is 0 Å². The van der Waals surface area contributed by atoms with Crippen molar-refractivity contribution in [3.63, 3.8) is 0 Å². The number of ether oxygens (including phenoxy) is 2. The molecule has 0 saturated heterocycles. The van der Waals surface area contributed by atoms with Crippen LogP contribution >= 0.6 is 0 Å². The minimum absolute atomic E-state index is 0.322. The van der Waals surface area contributed by atoms with Crippen LogP contribution in [-0.4, -0.2) is 64.2 Å². The Bertz CT molecular complexity index is 1080. The zero-order valence-corrected chi connectivity index (χ0v) is 19.4. The van der Waals surface area contributed by atoms with Gasteiger partial charge in [0.2, 0.25) is 11.6 Å². The largest absolute Gasteiger partial charge is 0.444 e. The molecule has 0 spiro atoms. The van der Waals surface area contributed by atoms with Gasteiger partial charge in [0.05, 0.1) is 13.1 Å². The van der Waals surface area contributed by atoms with Crippen molar-refractivity contribution in [3.05, 3.63) is 41.0 Å².